The SMILES string of the molecule is CCN[C@@H]1CC[C@@H]2C[C@H]2CC[C@@H]1O. The number of hydrogen-bond acceptors (Lipinski definition) is 2. The van der Waals surface area contributed by atoms with E-state index < -0.39 is 0 Å². The second-order valence-electron chi connectivity index (χ2n) is 4.64. The third kappa shape index (κ3) is 2.23. The highest BCUT2D eigenvalue weighted by Gasteiger charge is 2.39. The van der Waals surface area contributed by atoms with Gasteiger partial charge in [-0.2, -0.15) is 0 Å². The third-order valence-electron chi connectivity index (χ3n) is 3.68. The molecule has 13 heavy (non-hydrogen) atoms. The van der Waals surface area contributed by atoms with Gasteiger partial charge in [0.2, 0.25) is 0 Å². The van der Waals surface area contributed by atoms with Gasteiger partial charge in [0.15, 0.2) is 0 Å². The predicted molar refractivity (Wildman–Crippen MR) is 53.5 cm³/mol. The molecular formula is C11H21NO. The number of rotatable bonds is 2. The average Bonchev–Trinajstić information content (AvgIpc) is 2.84. The molecule has 2 aliphatic rings. The summed E-state index contributed by atoms with van der Waals surface area (Å²) in [5.74, 6) is 1.98. The van der Waals surface area contributed by atoms with Crippen molar-refractivity contribution in [1.29, 1.82) is 0 Å². The van der Waals surface area contributed by atoms with Gasteiger partial charge in [0.25, 0.3) is 0 Å². The second kappa shape index (κ2) is 3.97. The summed E-state index contributed by atoms with van der Waals surface area (Å²) in [5.41, 5.74) is 0. The minimum Gasteiger partial charge on any atom is -0.392 e. The van der Waals surface area contributed by atoms with Gasteiger partial charge in [-0.25, -0.2) is 0 Å². The smallest absolute Gasteiger partial charge is 0.0693 e. The summed E-state index contributed by atoms with van der Waals surface area (Å²) in [7, 11) is 0. The lowest BCUT2D eigenvalue weighted by atomic mass is 9.94. The van der Waals surface area contributed by atoms with E-state index >= 15 is 0 Å². The molecule has 2 fully saturated rings. The Kier molecular flexibility index (Phi) is 2.89. The van der Waals surface area contributed by atoms with Gasteiger partial charge in [-0.05, 0) is 50.5 Å². The summed E-state index contributed by atoms with van der Waals surface area (Å²) >= 11 is 0. The van der Waals surface area contributed by atoms with Crippen LogP contribution in [-0.2, 0) is 0 Å². The lowest BCUT2D eigenvalue weighted by Crippen LogP contribution is -2.40. The van der Waals surface area contributed by atoms with Gasteiger partial charge in [-0.15, -0.1) is 0 Å². The van der Waals surface area contributed by atoms with Crippen molar-refractivity contribution in [2.45, 2.75) is 51.2 Å². The summed E-state index contributed by atoms with van der Waals surface area (Å²) < 4.78 is 0. The lowest BCUT2D eigenvalue weighted by Gasteiger charge is -2.25. The highest BCUT2D eigenvalue weighted by atomic mass is 16.3. The van der Waals surface area contributed by atoms with Crippen molar-refractivity contribution >= 4 is 0 Å². The molecule has 0 heterocycles. The highest BCUT2D eigenvalue weighted by Crippen LogP contribution is 2.47. The van der Waals surface area contributed by atoms with Crippen LogP contribution in [0.2, 0.25) is 0 Å². The Morgan fingerprint density at radius 1 is 1.15 bits per heavy atom. The molecule has 0 aromatic rings. The first kappa shape index (κ1) is 9.47. The van der Waals surface area contributed by atoms with Crippen LogP contribution in [-0.4, -0.2) is 23.8 Å². The van der Waals surface area contributed by atoms with Gasteiger partial charge in [0.1, 0.15) is 0 Å². The van der Waals surface area contributed by atoms with Crippen LogP contribution in [0.25, 0.3) is 0 Å². The number of fused-ring (bicyclic) bond motifs is 1. The normalized spacial score (nSPS) is 44.8. The minimum absolute atomic E-state index is 0.0958. The fourth-order valence-electron chi connectivity index (χ4n) is 2.69. The van der Waals surface area contributed by atoms with E-state index in [1.807, 2.05) is 0 Å². The van der Waals surface area contributed by atoms with Crippen LogP contribution in [0.3, 0.4) is 0 Å². The molecule has 0 bridgehead atoms. The van der Waals surface area contributed by atoms with Crippen molar-refractivity contribution in [3.8, 4) is 0 Å². The summed E-state index contributed by atoms with van der Waals surface area (Å²) in [6.07, 6.45) is 6.12. The van der Waals surface area contributed by atoms with E-state index in [-0.39, 0.29) is 6.10 Å². The molecule has 4 atom stereocenters. The average molecular weight is 183 g/mol. The molecule has 2 N–H and O–H groups in total. The van der Waals surface area contributed by atoms with Crippen LogP contribution in [0.4, 0.5) is 0 Å². The van der Waals surface area contributed by atoms with E-state index in [1.165, 1.54) is 25.7 Å². The number of nitrogens with one attached hydrogen (secondary N) is 1. The zero-order chi connectivity index (χ0) is 9.26. The molecule has 0 aromatic heterocycles. The largest absolute Gasteiger partial charge is 0.392 e. The maximum absolute atomic E-state index is 9.88. The zero-order valence-electron chi connectivity index (χ0n) is 8.50. The molecule has 0 aliphatic heterocycles. The van der Waals surface area contributed by atoms with Gasteiger partial charge in [-0.3, -0.25) is 0 Å². The molecular weight excluding hydrogens is 162 g/mol. The lowest BCUT2D eigenvalue weighted by molar-refractivity contribution is 0.103. The second-order valence-corrected chi connectivity index (χ2v) is 4.64. The predicted octanol–water partition coefficient (Wildman–Crippen LogP) is 1.54. The first-order chi connectivity index (χ1) is 6.31. The Morgan fingerprint density at radius 3 is 2.54 bits per heavy atom. The molecule has 0 unspecified atom stereocenters. The van der Waals surface area contributed by atoms with Crippen molar-refractivity contribution in [3.05, 3.63) is 0 Å². The Labute approximate surface area is 80.7 Å². The Bertz CT molecular complexity index is 171. The maximum atomic E-state index is 9.88. The standard InChI is InChI=1S/C11H21NO/c1-2-12-10-5-3-8-7-9(8)4-6-11(10)13/h8-13H,2-7H2,1H3/t8-,9-,10-,11+/m1/s1. The molecule has 2 nitrogen and oxygen atoms in total. The quantitative estimate of drug-likeness (QED) is 0.680. The van der Waals surface area contributed by atoms with E-state index in [1.54, 1.807) is 0 Å². The fourth-order valence-corrected chi connectivity index (χ4v) is 2.69. The van der Waals surface area contributed by atoms with Crippen LogP contribution in [0.15, 0.2) is 0 Å². The van der Waals surface area contributed by atoms with E-state index in [9.17, 15) is 5.11 Å². The zero-order valence-corrected chi connectivity index (χ0v) is 8.50. The molecule has 0 amide bonds. The van der Waals surface area contributed by atoms with E-state index in [4.69, 9.17) is 0 Å². The molecule has 2 rings (SSSR count). The maximum Gasteiger partial charge on any atom is 0.0693 e. The van der Waals surface area contributed by atoms with Gasteiger partial charge < -0.3 is 10.4 Å². The minimum atomic E-state index is -0.0958. The number of aliphatic hydroxyl groups excluding tert-OH is 1. The van der Waals surface area contributed by atoms with Crippen LogP contribution in [0.1, 0.15) is 39.0 Å². The first-order valence-corrected chi connectivity index (χ1v) is 5.72. The molecule has 0 spiro atoms. The van der Waals surface area contributed by atoms with Crippen LogP contribution in [0.5, 0.6) is 0 Å². The van der Waals surface area contributed by atoms with Gasteiger partial charge in [-0.1, -0.05) is 6.92 Å². The summed E-state index contributed by atoms with van der Waals surface area (Å²) in [5, 5.41) is 13.3. The summed E-state index contributed by atoms with van der Waals surface area (Å²) in [6.45, 7) is 3.10. The van der Waals surface area contributed by atoms with E-state index in [0.717, 1.165) is 24.8 Å². The summed E-state index contributed by atoms with van der Waals surface area (Å²) in [4.78, 5) is 0. The molecule has 0 radical (unpaired) electrons. The van der Waals surface area contributed by atoms with Crippen LogP contribution >= 0.6 is 0 Å². The fraction of sp³-hybridized carbons (Fsp3) is 1.00. The molecule has 2 heteroatoms. The van der Waals surface area contributed by atoms with Crippen molar-refractivity contribution < 1.29 is 5.11 Å². The highest BCUT2D eigenvalue weighted by molar-refractivity contribution is 4.91. The first-order valence-electron chi connectivity index (χ1n) is 5.72. The molecule has 0 saturated heterocycles. The molecule has 0 aromatic carbocycles. The monoisotopic (exact) mass is 183 g/mol. The number of hydrogen-bond donors (Lipinski definition) is 2. The third-order valence-corrected chi connectivity index (χ3v) is 3.68. The summed E-state index contributed by atoms with van der Waals surface area (Å²) in [6, 6.07) is 0.367. The number of likely N-dealkylation sites (N-methyl/N-ethyl adjacent to an activating group) is 1. The van der Waals surface area contributed by atoms with Gasteiger partial charge in [0.05, 0.1) is 6.10 Å². The van der Waals surface area contributed by atoms with Crippen molar-refractivity contribution in [2.75, 3.05) is 6.54 Å². The van der Waals surface area contributed by atoms with Crippen molar-refractivity contribution in [3.63, 3.8) is 0 Å². The van der Waals surface area contributed by atoms with Gasteiger partial charge in [0, 0.05) is 6.04 Å². The van der Waals surface area contributed by atoms with Crippen molar-refractivity contribution in [2.24, 2.45) is 11.8 Å². The Morgan fingerprint density at radius 2 is 1.85 bits per heavy atom. The van der Waals surface area contributed by atoms with Crippen LogP contribution in [0, 0.1) is 11.8 Å². The van der Waals surface area contributed by atoms with E-state index in [2.05, 4.69) is 12.2 Å². The van der Waals surface area contributed by atoms with Crippen LogP contribution < -0.4 is 5.32 Å². The molecule has 2 saturated carbocycles. The van der Waals surface area contributed by atoms with Crippen molar-refractivity contribution in [1.82, 2.24) is 5.32 Å². The van der Waals surface area contributed by atoms with E-state index in [0.29, 0.717) is 6.04 Å². The molecule has 76 valence electrons. The Balaban J connectivity index is 1.85. The molecule has 2 aliphatic carbocycles. The topological polar surface area (TPSA) is 32.3 Å². The number of aliphatic hydroxyl groups is 1. The van der Waals surface area contributed by atoms with Gasteiger partial charge >= 0.3 is 0 Å². The Hall–Kier alpha value is -0.0800.